The zero-order valence-corrected chi connectivity index (χ0v) is 12.5. The van der Waals surface area contributed by atoms with Gasteiger partial charge >= 0.3 is 0 Å². The van der Waals surface area contributed by atoms with E-state index in [-0.39, 0.29) is 0 Å². The van der Waals surface area contributed by atoms with Crippen molar-refractivity contribution in [3.05, 3.63) is 22.3 Å². The topological polar surface area (TPSA) is 16.1 Å². The van der Waals surface area contributed by atoms with E-state index in [1.165, 1.54) is 24.8 Å². The lowest BCUT2D eigenvalue weighted by Crippen LogP contribution is -2.26. The van der Waals surface area contributed by atoms with Gasteiger partial charge in [0.05, 0.1) is 4.47 Å². The Morgan fingerprint density at radius 1 is 1.29 bits per heavy atom. The number of aromatic nitrogens is 1. The van der Waals surface area contributed by atoms with Crippen LogP contribution in [0, 0.1) is 12.3 Å². The van der Waals surface area contributed by atoms with E-state index in [1.807, 2.05) is 6.20 Å². The summed E-state index contributed by atoms with van der Waals surface area (Å²) in [4.78, 5) is 6.95. The first-order valence-electron chi connectivity index (χ1n) is 6.36. The second-order valence-electron chi connectivity index (χ2n) is 5.77. The first-order chi connectivity index (χ1) is 7.99. The lowest BCUT2D eigenvalue weighted by Gasteiger charge is -2.25. The third-order valence-corrected chi connectivity index (χ3v) is 4.68. The zero-order valence-electron chi connectivity index (χ0n) is 11.0. The van der Waals surface area contributed by atoms with Crippen molar-refractivity contribution in [3.63, 3.8) is 0 Å². The molecule has 0 aromatic carbocycles. The summed E-state index contributed by atoms with van der Waals surface area (Å²) in [7, 11) is 0. The van der Waals surface area contributed by atoms with E-state index in [2.05, 4.69) is 52.7 Å². The summed E-state index contributed by atoms with van der Waals surface area (Å²) < 4.78 is 1.15. The largest absolute Gasteiger partial charge is 0.356 e. The maximum atomic E-state index is 4.53. The third kappa shape index (κ3) is 3.01. The standard InChI is InChI=1S/C14H21BrN2/c1-11-5-8-16-13(12(11)15)17-9-4-6-14(2,3)7-10-17/h5,8H,4,6-7,9-10H2,1-3H3. The quantitative estimate of drug-likeness (QED) is 0.773. The smallest absolute Gasteiger partial charge is 0.143 e. The van der Waals surface area contributed by atoms with Gasteiger partial charge in [-0.3, -0.25) is 0 Å². The fourth-order valence-electron chi connectivity index (χ4n) is 2.38. The van der Waals surface area contributed by atoms with E-state index < -0.39 is 0 Å². The minimum Gasteiger partial charge on any atom is -0.356 e. The molecule has 0 radical (unpaired) electrons. The maximum Gasteiger partial charge on any atom is 0.143 e. The van der Waals surface area contributed by atoms with Gasteiger partial charge in [-0.1, -0.05) is 13.8 Å². The average molecular weight is 297 g/mol. The minimum absolute atomic E-state index is 0.477. The van der Waals surface area contributed by atoms with Gasteiger partial charge in [0.1, 0.15) is 5.82 Å². The van der Waals surface area contributed by atoms with Gasteiger partial charge in [0.15, 0.2) is 0 Å². The number of hydrogen-bond donors (Lipinski definition) is 0. The lowest BCUT2D eigenvalue weighted by molar-refractivity contribution is 0.325. The molecule has 0 saturated carbocycles. The van der Waals surface area contributed by atoms with Gasteiger partial charge in [0.25, 0.3) is 0 Å². The molecule has 1 aliphatic heterocycles. The van der Waals surface area contributed by atoms with Crippen molar-refractivity contribution in [2.75, 3.05) is 18.0 Å². The zero-order chi connectivity index (χ0) is 12.5. The molecule has 17 heavy (non-hydrogen) atoms. The summed E-state index contributed by atoms with van der Waals surface area (Å²) in [6, 6.07) is 2.05. The predicted molar refractivity (Wildman–Crippen MR) is 76.5 cm³/mol. The lowest BCUT2D eigenvalue weighted by atomic mass is 9.85. The molecule has 1 fully saturated rings. The molecular formula is C14H21BrN2. The molecular weight excluding hydrogens is 276 g/mol. The van der Waals surface area contributed by atoms with E-state index in [1.54, 1.807) is 0 Å². The molecule has 1 aromatic rings. The molecule has 1 aromatic heterocycles. The van der Waals surface area contributed by atoms with Crippen molar-refractivity contribution < 1.29 is 0 Å². The molecule has 2 rings (SSSR count). The van der Waals surface area contributed by atoms with Crippen molar-refractivity contribution in [2.24, 2.45) is 5.41 Å². The van der Waals surface area contributed by atoms with Gasteiger partial charge in [-0.2, -0.15) is 0 Å². The first-order valence-corrected chi connectivity index (χ1v) is 7.15. The van der Waals surface area contributed by atoms with Crippen LogP contribution in [-0.4, -0.2) is 18.1 Å². The molecule has 1 aliphatic rings. The van der Waals surface area contributed by atoms with Gasteiger partial charge in [-0.25, -0.2) is 4.98 Å². The maximum absolute atomic E-state index is 4.53. The van der Waals surface area contributed by atoms with Gasteiger partial charge in [-0.15, -0.1) is 0 Å². The summed E-state index contributed by atoms with van der Waals surface area (Å²) in [5.74, 6) is 1.11. The van der Waals surface area contributed by atoms with Crippen LogP contribution in [0.1, 0.15) is 38.7 Å². The second-order valence-corrected chi connectivity index (χ2v) is 6.56. The van der Waals surface area contributed by atoms with E-state index in [0.717, 1.165) is 23.4 Å². The molecule has 2 heterocycles. The number of anilines is 1. The Hall–Kier alpha value is -0.570. The van der Waals surface area contributed by atoms with Gasteiger partial charge < -0.3 is 4.90 Å². The first kappa shape index (κ1) is 12.9. The number of nitrogens with zero attached hydrogens (tertiary/aromatic N) is 2. The minimum atomic E-state index is 0.477. The van der Waals surface area contributed by atoms with E-state index in [0.29, 0.717) is 5.41 Å². The van der Waals surface area contributed by atoms with Crippen LogP contribution in [0.5, 0.6) is 0 Å². The van der Waals surface area contributed by atoms with Crippen molar-refractivity contribution in [1.82, 2.24) is 4.98 Å². The van der Waals surface area contributed by atoms with E-state index in [4.69, 9.17) is 0 Å². The average Bonchev–Trinajstić information content (AvgIpc) is 2.44. The van der Waals surface area contributed by atoms with Crippen LogP contribution in [0.15, 0.2) is 16.7 Å². The highest BCUT2D eigenvalue weighted by atomic mass is 79.9. The van der Waals surface area contributed by atoms with Crippen LogP contribution in [0.2, 0.25) is 0 Å². The van der Waals surface area contributed by atoms with E-state index in [9.17, 15) is 0 Å². The van der Waals surface area contributed by atoms with Gasteiger partial charge in [-0.05, 0) is 59.2 Å². The fraction of sp³-hybridized carbons (Fsp3) is 0.643. The number of rotatable bonds is 1. The molecule has 0 bridgehead atoms. The van der Waals surface area contributed by atoms with Crippen molar-refractivity contribution in [2.45, 2.75) is 40.0 Å². The Morgan fingerprint density at radius 2 is 2.06 bits per heavy atom. The highest BCUT2D eigenvalue weighted by Crippen LogP contribution is 2.34. The molecule has 94 valence electrons. The Balaban J connectivity index is 2.20. The monoisotopic (exact) mass is 296 g/mol. The summed E-state index contributed by atoms with van der Waals surface area (Å²) in [6.07, 6.45) is 5.72. The number of pyridine rings is 1. The Morgan fingerprint density at radius 3 is 2.82 bits per heavy atom. The van der Waals surface area contributed by atoms with Crippen molar-refractivity contribution in [3.8, 4) is 0 Å². The normalized spacial score (nSPS) is 20.1. The SMILES string of the molecule is Cc1ccnc(N2CCCC(C)(C)CC2)c1Br. The molecule has 0 unspecified atom stereocenters. The van der Waals surface area contributed by atoms with Crippen LogP contribution in [0.25, 0.3) is 0 Å². The van der Waals surface area contributed by atoms with Crippen molar-refractivity contribution >= 4 is 21.7 Å². The number of hydrogen-bond acceptors (Lipinski definition) is 2. The summed E-state index contributed by atoms with van der Waals surface area (Å²) in [5, 5.41) is 0. The summed E-state index contributed by atoms with van der Waals surface area (Å²) in [6.45, 7) is 9.10. The molecule has 0 spiro atoms. The Labute approximate surface area is 113 Å². The Bertz CT molecular complexity index is 401. The van der Waals surface area contributed by atoms with Crippen LogP contribution in [-0.2, 0) is 0 Å². The molecule has 1 saturated heterocycles. The van der Waals surface area contributed by atoms with Crippen LogP contribution in [0.3, 0.4) is 0 Å². The number of aryl methyl sites for hydroxylation is 1. The van der Waals surface area contributed by atoms with Crippen LogP contribution < -0.4 is 4.90 Å². The third-order valence-electron chi connectivity index (χ3n) is 3.70. The van der Waals surface area contributed by atoms with Gasteiger partial charge in [0, 0.05) is 19.3 Å². The summed E-state index contributed by atoms with van der Waals surface area (Å²) >= 11 is 3.67. The fourth-order valence-corrected chi connectivity index (χ4v) is 2.87. The second kappa shape index (κ2) is 4.97. The molecule has 0 amide bonds. The van der Waals surface area contributed by atoms with Gasteiger partial charge in [0.2, 0.25) is 0 Å². The molecule has 0 atom stereocenters. The number of halogens is 1. The highest BCUT2D eigenvalue weighted by Gasteiger charge is 2.24. The Kier molecular flexibility index (Phi) is 3.76. The van der Waals surface area contributed by atoms with Crippen LogP contribution in [0.4, 0.5) is 5.82 Å². The molecule has 0 N–H and O–H groups in total. The molecule has 2 nitrogen and oxygen atoms in total. The van der Waals surface area contributed by atoms with Crippen LogP contribution >= 0.6 is 15.9 Å². The van der Waals surface area contributed by atoms with Crippen molar-refractivity contribution in [1.29, 1.82) is 0 Å². The highest BCUT2D eigenvalue weighted by molar-refractivity contribution is 9.10. The van der Waals surface area contributed by atoms with E-state index >= 15 is 0 Å². The predicted octanol–water partition coefficient (Wildman–Crippen LogP) is 4.17. The summed E-state index contributed by atoms with van der Waals surface area (Å²) in [5.41, 5.74) is 1.74. The molecule has 0 aliphatic carbocycles. The molecule has 3 heteroatoms.